The predicted octanol–water partition coefficient (Wildman–Crippen LogP) is 4.65. The zero-order chi connectivity index (χ0) is 19.4. The standard InChI is InChI=1S/C19H20ClN5O2/c1-11-5-6-12(2)14(7-11)23-19-24-18(10-21-25-19)22-15-9-16(26-3)13(20)8-17(15)27-4/h5-10H,1-4H3,(H2,22,23,24,25). The van der Waals surface area contributed by atoms with Gasteiger partial charge in [0.2, 0.25) is 5.95 Å². The molecule has 0 amide bonds. The van der Waals surface area contributed by atoms with Crippen molar-refractivity contribution in [1.29, 1.82) is 0 Å². The van der Waals surface area contributed by atoms with E-state index >= 15 is 0 Å². The van der Waals surface area contributed by atoms with Crippen LogP contribution in [0.5, 0.6) is 11.5 Å². The lowest BCUT2D eigenvalue weighted by atomic mass is 10.1. The molecule has 0 saturated carbocycles. The number of hydrogen-bond acceptors (Lipinski definition) is 7. The molecule has 0 aliphatic heterocycles. The number of halogens is 1. The van der Waals surface area contributed by atoms with E-state index in [0.717, 1.165) is 16.8 Å². The number of benzene rings is 2. The fourth-order valence-corrected chi connectivity index (χ4v) is 2.73. The lowest BCUT2D eigenvalue weighted by molar-refractivity contribution is 0.405. The number of nitrogens with one attached hydrogen (secondary N) is 2. The van der Waals surface area contributed by atoms with Gasteiger partial charge in [-0.1, -0.05) is 23.7 Å². The van der Waals surface area contributed by atoms with Gasteiger partial charge in [-0.25, -0.2) is 0 Å². The molecule has 2 aromatic carbocycles. The molecular weight excluding hydrogens is 366 g/mol. The van der Waals surface area contributed by atoms with E-state index < -0.39 is 0 Å². The summed E-state index contributed by atoms with van der Waals surface area (Å²) in [6, 6.07) is 9.54. The van der Waals surface area contributed by atoms with Gasteiger partial charge < -0.3 is 20.1 Å². The van der Waals surface area contributed by atoms with Gasteiger partial charge in [-0.15, -0.1) is 5.10 Å². The minimum Gasteiger partial charge on any atom is -0.495 e. The molecule has 8 heteroatoms. The van der Waals surface area contributed by atoms with Gasteiger partial charge in [-0.05, 0) is 31.0 Å². The van der Waals surface area contributed by atoms with Crippen LogP contribution in [-0.4, -0.2) is 29.4 Å². The minimum atomic E-state index is 0.383. The highest BCUT2D eigenvalue weighted by Gasteiger charge is 2.12. The minimum absolute atomic E-state index is 0.383. The third kappa shape index (κ3) is 4.38. The Hall–Kier alpha value is -3.06. The van der Waals surface area contributed by atoms with Gasteiger partial charge in [-0.3, -0.25) is 0 Å². The molecule has 0 bridgehead atoms. The fraction of sp³-hybridized carbons (Fsp3) is 0.211. The molecule has 140 valence electrons. The summed E-state index contributed by atoms with van der Waals surface area (Å²) in [5, 5.41) is 14.9. The molecule has 0 radical (unpaired) electrons. The molecular formula is C19H20ClN5O2. The van der Waals surface area contributed by atoms with Gasteiger partial charge in [0.1, 0.15) is 11.5 Å². The van der Waals surface area contributed by atoms with E-state index in [1.807, 2.05) is 26.0 Å². The second kappa shape index (κ2) is 8.09. The third-order valence-electron chi connectivity index (χ3n) is 3.94. The van der Waals surface area contributed by atoms with Crippen LogP contribution in [0.3, 0.4) is 0 Å². The van der Waals surface area contributed by atoms with E-state index in [-0.39, 0.29) is 0 Å². The van der Waals surface area contributed by atoms with Crippen molar-refractivity contribution in [2.24, 2.45) is 0 Å². The molecule has 0 saturated heterocycles. The lowest BCUT2D eigenvalue weighted by Gasteiger charge is -2.14. The average Bonchev–Trinajstić information content (AvgIpc) is 2.66. The van der Waals surface area contributed by atoms with Crippen molar-refractivity contribution in [2.75, 3.05) is 24.9 Å². The lowest BCUT2D eigenvalue weighted by Crippen LogP contribution is -2.04. The largest absolute Gasteiger partial charge is 0.495 e. The Morgan fingerprint density at radius 3 is 2.44 bits per heavy atom. The van der Waals surface area contributed by atoms with Gasteiger partial charge in [0.05, 0.1) is 31.1 Å². The first-order chi connectivity index (χ1) is 13.0. The first-order valence-corrected chi connectivity index (χ1v) is 8.60. The topological polar surface area (TPSA) is 81.2 Å². The molecule has 1 heterocycles. The highest BCUT2D eigenvalue weighted by molar-refractivity contribution is 6.32. The van der Waals surface area contributed by atoms with Crippen LogP contribution in [0.1, 0.15) is 11.1 Å². The Balaban J connectivity index is 1.87. The normalized spacial score (nSPS) is 10.4. The Labute approximate surface area is 162 Å². The molecule has 0 atom stereocenters. The Morgan fingerprint density at radius 1 is 0.926 bits per heavy atom. The maximum Gasteiger partial charge on any atom is 0.249 e. The summed E-state index contributed by atoms with van der Waals surface area (Å²) < 4.78 is 10.6. The Bertz CT molecular complexity index is 965. The summed E-state index contributed by atoms with van der Waals surface area (Å²) in [4.78, 5) is 4.46. The van der Waals surface area contributed by atoms with Crippen LogP contribution in [-0.2, 0) is 0 Å². The van der Waals surface area contributed by atoms with Gasteiger partial charge in [0, 0.05) is 17.8 Å². The maximum atomic E-state index is 6.15. The van der Waals surface area contributed by atoms with E-state index in [1.54, 1.807) is 26.4 Å². The number of aromatic nitrogens is 3. The summed E-state index contributed by atoms with van der Waals surface area (Å²) in [7, 11) is 3.12. The van der Waals surface area contributed by atoms with Crippen LogP contribution in [0.25, 0.3) is 0 Å². The summed E-state index contributed by atoms with van der Waals surface area (Å²) in [5.41, 5.74) is 3.81. The van der Waals surface area contributed by atoms with E-state index in [0.29, 0.717) is 34.0 Å². The smallest absolute Gasteiger partial charge is 0.249 e. The van der Waals surface area contributed by atoms with Crippen molar-refractivity contribution in [3.63, 3.8) is 0 Å². The second-order valence-electron chi connectivity index (χ2n) is 5.92. The van der Waals surface area contributed by atoms with Crippen molar-refractivity contribution in [3.05, 3.63) is 52.7 Å². The first kappa shape index (κ1) is 18.7. The molecule has 2 N–H and O–H groups in total. The SMILES string of the molecule is COc1cc(Nc2cnnc(Nc3cc(C)ccc3C)n2)c(OC)cc1Cl. The quantitative estimate of drug-likeness (QED) is 0.639. The molecule has 3 rings (SSSR count). The van der Waals surface area contributed by atoms with Crippen molar-refractivity contribution in [2.45, 2.75) is 13.8 Å². The highest BCUT2D eigenvalue weighted by atomic mass is 35.5. The number of hydrogen-bond donors (Lipinski definition) is 2. The number of aryl methyl sites for hydroxylation is 2. The number of methoxy groups -OCH3 is 2. The van der Waals surface area contributed by atoms with Crippen LogP contribution >= 0.6 is 11.6 Å². The summed E-state index contributed by atoms with van der Waals surface area (Å²) in [6.45, 7) is 4.05. The first-order valence-electron chi connectivity index (χ1n) is 8.22. The van der Waals surface area contributed by atoms with E-state index in [9.17, 15) is 0 Å². The van der Waals surface area contributed by atoms with Crippen molar-refractivity contribution in [3.8, 4) is 11.5 Å². The molecule has 0 aliphatic rings. The Morgan fingerprint density at radius 2 is 1.70 bits per heavy atom. The van der Waals surface area contributed by atoms with Crippen LogP contribution in [0.2, 0.25) is 5.02 Å². The predicted molar refractivity (Wildman–Crippen MR) is 107 cm³/mol. The number of ether oxygens (including phenoxy) is 2. The van der Waals surface area contributed by atoms with Crippen LogP contribution in [0.15, 0.2) is 36.5 Å². The number of anilines is 4. The molecule has 3 aromatic rings. The third-order valence-corrected chi connectivity index (χ3v) is 4.23. The average molecular weight is 386 g/mol. The molecule has 27 heavy (non-hydrogen) atoms. The zero-order valence-electron chi connectivity index (χ0n) is 15.5. The molecule has 0 unspecified atom stereocenters. The molecule has 0 aliphatic carbocycles. The van der Waals surface area contributed by atoms with E-state index in [2.05, 4.69) is 31.9 Å². The summed E-state index contributed by atoms with van der Waals surface area (Å²) in [6.07, 6.45) is 1.52. The van der Waals surface area contributed by atoms with Gasteiger partial charge in [-0.2, -0.15) is 10.1 Å². The summed E-state index contributed by atoms with van der Waals surface area (Å²) in [5.74, 6) is 1.97. The monoisotopic (exact) mass is 385 g/mol. The highest BCUT2D eigenvalue weighted by Crippen LogP contribution is 2.37. The number of rotatable bonds is 6. The van der Waals surface area contributed by atoms with Crippen molar-refractivity contribution < 1.29 is 9.47 Å². The van der Waals surface area contributed by atoms with E-state index in [4.69, 9.17) is 21.1 Å². The maximum absolute atomic E-state index is 6.15. The molecule has 7 nitrogen and oxygen atoms in total. The number of nitrogens with zero attached hydrogens (tertiary/aromatic N) is 3. The fourth-order valence-electron chi connectivity index (χ4n) is 2.50. The van der Waals surface area contributed by atoms with Crippen LogP contribution in [0.4, 0.5) is 23.1 Å². The van der Waals surface area contributed by atoms with Gasteiger partial charge >= 0.3 is 0 Å². The van der Waals surface area contributed by atoms with Gasteiger partial charge in [0.15, 0.2) is 5.82 Å². The molecule has 1 aromatic heterocycles. The van der Waals surface area contributed by atoms with Crippen LogP contribution < -0.4 is 20.1 Å². The van der Waals surface area contributed by atoms with Crippen LogP contribution in [0, 0.1) is 13.8 Å². The Kier molecular flexibility index (Phi) is 5.61. The van der Waals surface area contributed by atoms with Gasteiger partial charge in [0.25, 0.3) is 0 Å². The molecule has 0 spiro atoms. The summed E-state index contributed by atoms with van der Waals surface area (Å²) >= 11 is 6.15. The zero-order valence-corrected chi connectivity index (χ0v) is 16.3. The van der Waals surface area contributed by atoms with E-state index in [1.165, 1.54) is 6.20 Å². The van der Waals surface area contributed by atoms with Crippen molar-refractivity contribution >= 4 is 34.7 Å². The second-order valence-corrected chi connectivity index (χ2v) is 6.33. The molecule has 0 fully saturated rings. The van der Waals surface area contributed by atoms with Crippen molar-refractivity contribution in [1.82, 2.24) is 15.2 Å².